The van der Waals surface area contributed by atoms with Gasteiger partial charge in [0.2, 0.25) is 15.9 Å². The Kier molecular flexibility index (Phi) is 6.54. The van der Waals surface area contributed by atoms with Crippen molar-refractivity contribution >= 4 is 15.9 Å². The van der Waals surface area contributed by atoms with Crippen LogP contribution in [0.1, 0.15) is 25.3 Å². The summed E-state index contributed by atoms with van der Waals surface area (Å²) < 4.78 is 46.5. The summed E-state index contributed by atoms with van der Waals surface area (Å²) in [5.74, 6) is -0.816. The van der Waals surface area contributed by atoms with Crippen molar-refractivity contribution in [1.29, 1.82) is 0 Å². The monoisotopic (exact) mass is 420 g/mol. The molecule has 1 heterocycles. The number of piperidine rings is 1. The number of amides is 1. The van der Waals surface area contributed by atoms with Crippen LogP contribution in [0, 0.1) is 11.7 Å². The molecule has 1 aliphatic rings. The van der Waals surface area contributed by atoms with Crippen LogP contribution < -0.4 is 10.5 Å². The van der Waals surface area contributed by atoms with Gasteiger partial charge in [-0.2, -0.15) is 4.31 Å². The van der Waals surface area contributed by atoms with Gasteiger partial charge in [-0.3, -0.25) is 4.79 Å². The third-order valence-corrected chi connectivity index (χ3v) is 7.04. The van der Waals surface area contributed by atoms with Crippen molar-refractivity contribution in [2.45, 2.75) is 37.2 Å². The number of sulfonamides is 1. The summed E-state index contributed by atoms with van der Waals surface area (Å²) in [5, 5.41) is 0. The standard InChI is InChI=1S/C21H25FN2O4S/c1-2-15-3-9-19(10-4-15)29(26,27)24-12-11-20(16(14-24)13-21(23)25)28-18-7-5-17(22)6-8-18/h3-10,16,20H,2,11-14H2,1H3,(H2,23,25)/t16-,20-/m0/s1. The van der Waals surface area contributed by atoms with E-state index < -0.39 is 21.8 Å². The lowest BCUT2D eigenvalue weighted by Gasteiger charge is -2.37. The molecule has 156 valence electrons. The fraction of sp³-hybridized carbons (Fsp3) is 0.381. The van der Waals surface area contributed by atoms with E-state index >= 15 is 0 Å². The summed E-state index contributed by atoms with van der Waals surface area (Å²) >= 11 is 0. The average molecular weight is 421 g/mol. The Balaban J connectivity index is 1.77. The number of benzene rings is 2. The van der Waals surface area contributed by atoms with Gasteiger partial charge in [-0.1, -0.05) is 19.1 Å². The van der Waals surface area contributed by atoms with E-state index in [4.69, 9.17) is 10.5 Å². The van der Waals surface area contributed by atoms with Crippen LogP contribution in [0.4, 0.5) is 4.39 Å². The average Bonchev–Trinajstić information content (AvgIpc) is 2.70. The maximum atomic E-state index is 13.1. The van der Waals surface area contributed by atoms with Crippen LogP contribution in [-0.4, -0.2) is 37.8 Å². The molecule has 1 saturated heterocycles. The van der Waals surface area contributed by atoms with E-state index in [9.17, 15) is 17.6 Å². The van der Waals surface area contributed by atoms with Gasteiger partial charge in [0.25, 0.3) is 0 Å². The molecule has 1 fully saturated rings. The molecule has 2 aromatic carbocycles. The molecule has 0 aromatic heterocycles. The van der Waals surface area contributed by atoms with Crippen molar-refractivity contribution in [2.24, 2.45) is 11.7 Å². The highest BCUT2D eigenvalue weighted by Crippen LogP contribution is 2.29. The Labute approximate surface area is 170 Å². The van der Waals surface area contributed by atoms with Gasteiger partial charge in [0, 0.05) is 25.4 Å². The highest BCUT2D eigenvalue weighted by Gasteiger charge is 2.37. The van der Waals surface area contributed by atoms with E-state index in [0.717, 1.165) is 12.0 Å². The molecule has 1 amide bonds. The molecule has 8 heteroatoms. The highest BCUT2D eigenvalue weighted by atomic mass is 32.2. The SMILES string of the molecule is CCc1ccc(S(=O)(=O)N2CC[C@H](Oc3ccc(F)cc3)[C@@H](CC(N)=O)C2)cc1. The summed E-state index contributed by atoms with van der Waals surface area (Å²) in [4.78, 5) is 11.8. The summed E-state index contributed by atoms with van der Waals surface area (Å²) in [6.07, 6.45) is 0.850. The molecule has 0 spiro atoms. The largest absolute Gasteiger partial charge is 0.490 e. The lowest BCUT2D eigenvalue weighted by molar-refractivity contribution is -0.120. The first-order chi connectivity index (χ1) is 13.8. The van der Waals surface area contributed by atoms with Crippen molar-refractivity contribution < 1.29 is 22.3 Å². The van der Waals surface area contributed by atoms with Gasteiger partial charge in [0.15, 0.2) is 0 Å². The number of ether oxygens (including phenoxy) is 1. The predicted octanol–water partition coefficient (Wildman–Crippen LogP) is 2.72. The molecule has 29 heavy (non-hydrogen) atoms. The number of primary amides is 1. The minimum absolute atomic E-state index is 0.00660. The zero-order valence-corrected chi connectivity index (χ0v) is 17.1. The molecule has 6 nitrogen and oxygen atoms in total. The number of rotatable bonds is 7. The maximum absolute atomic E-state index is 13.1. The first-order valence-corrected chi connectivity index (χ1v) is 11.0. The third kappa shape index (κ3) is 5.13. The van der Waals surface area contributed by atoms with Crippen molar-refractivity contribution in [1.82, 2.24) is 4.31 Å². The van der Waals surface area contributed by atoms with E-state index in [-0.39, 0.29) is 36.3 Å². The van der Waals surface area contributed by atoms with E-state index in [1.54, 1.807) is 24.3 Å². The second kappa shape index (κ2) is 8.92. The summed E-state index contributed by atoms with van der Waals surface area (Å²) in [5.41, 5.74) is 6.44. The van der Waals surface area contributed by atoms with Gasteiger partial charge >= 0.3 is 0 Å². The van der Waals surface area contributed by atoms with Crippen LogP contribution in [0.25, 0.3) is 0 Å². The van der Waals surface area contributed by atoms with E-state index in [1.165, 1.54) is 28.6 Å². The minimum atomic E-state index is -3.68. The van der Waals surface area contributed by atoms with Crippen LogP contribution in [-0.2, 0) is 21.2 Å². The van der Waals surface area contributed by atoms with Crippen molar-refractivity contribution in [2.75, 3.05) is 13.1 Å². The fourth-order valence-corrected chi connectivity index (χ4v) is 5.05. The number of nitrogens with two attached hydrogens (primary N) is 1. The van der Waals surface area contributed by atoms with Gasteiger partial charge in [-0.15, -0.1) is 0 Å². The molecule has 0 bridgehead atoms. The lowest BCUT2D eigenvalue weighted by Crippen LogP contribution is -2.48. The van der Waals surface area contributed by atoms with E-state index in [2.05, 4.69) is 0 Å². The second-order valence-electron chi connectivity index (χ2n) is 7.19. The zero-order valence-electron chi connectivity index (χ0n) is 16.3. The zero-order chi connectivity index (χ0) is 21.0. The first-order valence-electron chi connectivity index (χ1n) is 9.59. The van der Waals surface area contributed by atoms with Crippen LogP contribution >= 0.6 is 0 Å². The van der Waals surface area contributed by atoms with Crippen molar-refractivity contribution in [3.05, 3.63) is 59.9 Å². The van der Waals surface area contributed by atoms with Crippen LogP contribution in [0.3, 0.4) is 0 Å². The number of hydrogen-bond donors (Lipinski definition) is 1. The van der Waals surface area contributed by atoms with Crippen molar-refractivity contribution in [3.8, 4) is 5.75 Å². The number of halogens is 1. The van der Waals surface area contributed by atoms with Crippen LogP contribution in [0.2, 0.25) is 0 Å². The Morgan fingerprint density at radius 1 is 1.17 bits per heavy atom. The first kappa shape index (κ1) is 21.3. The van der Waals surface area contributed by atoms with Gasteiger partial charge in [0.05, 0.1) is 4.90 Å². The van der Waals surface area contributed by atoms with Gasteiger partial charge in [0.1, 0.15) is 17.7 Å². The highest BCUT2D eigenvalue weighted by molar-refractivity contribution is 7.89. The lowest BCUT2D eigenvalue weighted by atomic mass is 9.92. The maximum Gasteiger partial charge on any atom is 0.243 e. The summed E-state index contributed by atoms with van der Waals surface area (Å²) in [7, 11) is -3.68. The molecule has 3 rings (SSSR count). The molecule has 0 aliphatic carbocycles. The molecule has 0 saturated carbocycles. The number of carbonyl (C=O) groups is 1. The summed E-state index contributed by atoms with van der Waals surface area (Å²) in [6.45, 7) is 2.40. The molecule has 0 radical (unpaired) electrons. The molecule has 2 aromatic rings. The number of carbonyl (C=O) groups excluding carboxylic acids is 1. The van der Waals surface area contributed by atoms with E-state index in [0.29, 0.717) is 12.2 Å². The molecule has 2 N–H and O–H groups in total. The Hall–Kier alpha value is -2.45. The summed E-state index contributed by atoms with van der Waals surface area (Å²) in [6, 6.07) is 12.4. The van der Waals surface area contributed by atoms with Gasteiger partial charge in [-0.05, 0) is 54.8 Å². The smallest absolute Gasteiger partial charge is 0.243 e. The van der Waals surface area contributed by atoms with Crippen LogP contribution in [0.5, 0.6) is 5.75 Å². The molecular formula is C21H25FN2O4S. The van der Waals surface area contributed by atoms with Gasteiger partial charge in [-0.25, -0.2) is 12.8 Å². The normalized spacial score (nSPS) is 20.3. The quantitative estimate of drug-likeness (QED) is 0.746. The number of aryl methyl sites for hydroxylation is 1. The number of hydrogen-bond acceptors (Lipinski definition) is 4. The van der Waals surface area contributed by atoms with E-state index in [1.807, 2.05) is 6.92 Å². The van der Waals surface area contributed by atoms with Gasteiger partial charge < -0.3 is 10.5 Å². The number of nitrogens with zero attached hydrogens (tertiary/aromatic N) is 1. The molecular weight excluding hydrogens is 395 g/mol. The Bertz CT molecular complexity index is 946. The van der Waals surface area contributed by atoms with Crippen LogP contribution in [0.15, 0.2) is 53.4 Å². The van der Waals surface area contributed by atoms with Crippen molar-refractivity contribution in [3.63, 3.8) is 0 Å². The minimum Gasteiger partial charge on any atom is -0.490 e. The molecule has 2 atom stereocenters. The predicted molar refractivity (Wildman–Crippen MR) is 107 cm³/mol. The third-order valence-electron chi connectivity index (χ3n) is 5.16. The Morgan fingerprint density at radius 3 is 2.41 bits per heavy atom. The molecule has 0 unspecified atom stereocenters. The Morgan fingerprint density at radius 2 is 1.83 bits per heavy atom. The second-order valence-corrected chi connectivity index (χ2v) is 9.13. The topological polar surface area (TPSA) is 89.7 Å². The molecule has 1 aliphatic heterocycles. The fourth-order valence-electron chi connectivity index (χ4n) is 3.54.